The lowest BCUT2D eigenvalue weighted by molar-refractivity contribution is -0.139. The molecule has 3 N–H and O–H groups in total. The van der Waals surface area contributed by atoms with Crippen molar-refractivity contribution in [2.75, 3.05) is 24.4 Å². The van der Waals surface area contributed by atoms with E-state index in [1.807, 2.05) is 36.4 Å². The molecule has 11 heteroatoms. The number of carbonyl (C=O) groups is 2. The van der Waals surface area contributed by atoms with E-state index in [-0.39, 0.29) is 28.3 Å². The smallest absolute Gasteiger partial charge is 0.416 e. The van der Waals surface area contributed by atoms with Crippen molar-refractivity contribution in [1.82, 2.24) is 0 Å². The fourth-order valence-corrected chi connectivity index (χ4v) is 4.84. The third-order valence-electron chi connectivity index (χ3n) is 6.85. The van der Waals surface area contributed by atoms with Gasteiger partial charge in [-0.15, -0.1) is 0 Å². The minimum absolute atomic E-state index is 0.142. The van der Waals surface area contributed by atoms with Gasteiger partial charge in [-0.05, 0) is 36.2 Å². The van der Waals surface area contributed by atoms with Crippen LogP contribution in [0.4, 0.5) is 24.5 Å². The molecule has 0 amide bonds. The number of allylic oxidation sites excluding steroid dienone is 1. The monoisotopic (exact) mass is 576 g/mol. The number of halogens is 3. The summed E-state index contributed by atoms with van der Waals surface area (Å²) in [4.78, 5) is 27.7. The number of ether oxygens (including phenoxy) is 2. The molecule has 3 aromatic carbocycles. The molecule has 2 unspecified atom stereocenters. The summed E-state index contributed by atoms with van der Waals surface area (Å²) in [6.07, 6.45) is -4.77. The number of nitrogens with two attached hydrogens (primary N) is 1. The largest absolute Gasteiger partial charge is 0.466 e. The number of nitrogens with zero attached hydrogens (tertiary/aromatic N) is 2. The second-order valence-electron chi connectivity index (χ2n) is 9.34. The van der Waals surface area contributed by atoms with Crippen LogP contribution < -0.4 is 16.0 Å². The Labute approximate surface area is 240 Å². The maximum absolute atomic E-state index is 14.0. The minimum atomic E-state index is -4.77. The van der Waals surface area contributed by atoms with Crippen molar-refractivity contribution in [1.29, 1.82) is 5.26 Å². The molecule has 216 valence electrons. The Bertz CT molecular complexity index is 1600. The second kappa shape index (κ2) is 12.1. The van der Waals surface area contributed by atoms with E-state index in [9.17, 15) is 28.0 Å². The van der Waals surface area contributed by atoms with Crippen LogP contribution in [0.1, 0.15) is 35.6 Å². The number of esters is 2. The number of carbonyl (C=O) groups excluding carboxylic acids is 2. The fourth-order valence-electron chi connectivity index (χ4n) is 4.84. The van der Waals surface area contributed by atoms with Gasteiger partial charge in [0.05, 0.1) is 54.3 Å². The van der Waals surface area contributed by atoms with Gasteiger partial charge in [-0.25, -0.2) is 9.59 Å². The average Bonchev–Trinajstić information content (AvgIpc) is 3.00. The first-order valence-corrected chi connectivity index (χ1v) is 12.7. The summed E-state index contributed by atoms with van der Waals surface area (Å²) in [7, 11) is 2.14. The first kappa shape index (κ1) is 29.7. The molecule has 0 radical (unpaired) electrons. The Morgan fingerprint density at radius 1 is 0.976 bits per heavy atom. The molecular formula is C31H27F3N4O4. The van der Waals surface area contributed by atoms with Gasteiger partial charge in [0.15, 0.2) is 0 Å². The Morgan fingerprint density at radius 3 is 2.12 bits per heavy atom. The van der Waals surface area contributed by atoms with Crippen molar-refractivity contribution < 1.29 is 32.2 Å². The summed E-state index contributed by atoms with van der Waals surface area (Å²) in [5, 5.41) is 13.4. The molecule has 0 fully saturated rings. The zero-order chi connectivity index (χ0) is 30.6. The van der Waals surface area contributed by atoms with E-state index in [1.165, 1.54) is 6.07 Å². The lowest BCUT2D eigenvalue weighted by Crippen LogP contribution is -2.41. The van der Waals surface area contributed by atoms with Crippen LogP contribution in [0.2, 0.25) is 0 Å². The molecule has 4 rings (SSSR count). The van der Waals surface area contributed by atoms with E-state index in [1.54, 1.807) is 37.3 Å². The Balaban J connectivity index is 2.06. The molecule has 0 aliphatic carbocycles. The minimum Gasteiger partial charge on any atom is -0.466 e. The molecule has 0 bridgehead atoms. The zero-order valence-corrected chi connectivity index (χ0v) is 22.9. The van der Waals surface area contributed by atoms with Crippen molar-refractivity contribution in [3.8, 4) is 6.07 Å². The first-order valence-electron chi connectivity index (χ1n) is 12.7. The van der Waals surface area contributed by atoms with Crippen molar-refractivity contribution in [2.24, 2.45) is 5.73 Å². The molecule has 2 atom stereocenters. The van der Waals surface area contributed by atoms with E-state index in [4.69, 9.17) is 15.2 Å². The number of benzene rings is 3. The Kier molecular flexibility index (Phi) is 8.57. The summed E-state index contributed by atoms with van der Waals surface area (Å²) in [5.74, 6) is -3.59. The van der Waals surface area contributed by atoms with E-state index >= 15 is 0 Å². The first-order chi connectivity index (χ1) is 20.0. The quantitative estimate of drug-likeness (QED) is 0.340. The van der Waals surface area contributed by atoms with Gasteiger partial charge in [-0.1, -0.05) is 60.7 Å². The van der Waals surface area contributed by atoms with Crippen LogP contribution in [-0.2, 0) is 25.2 Å². The normalized spacial score (nSPS) is 16.0. The molecule has 1 heterocycles. The number of methoxy groups -OCH3 is 2. The number of nitriles is 1. The van der Waals surface area contributed by atoms with E-state index in [0.29, 0.717) is 5.56 Å². The molecule has 8 nitrogen and oxygen atoms in total. The van der Waals surface area contributed by atoms with Crippen molar-refractivity contribution in [3.63, 3.8) is 0 Å². The van der Waals surface area contributed by atoms with Crippen LogP contribution in [0.5, 0.6) is 0 Å². The highest BCUT2D eigenvalue weighted by atomic mass is 19.4. The van der Waals surface area contributed by atoms with Crippen LogP contribution in [0, 0.1) is 11.3 Å². The predicted molar refractivity (Wildman–Crippen MR) is 149 cm³/mol. The molecule has 0 saturated carbocycles. The summed E-state index contributed by atoms with van der Waals surface area (Å²) in [5.41, 5.74) is 5.68. The van der Waals surface area contributed by atoms with E-state index in [0.717, 1.165) is 36.8 Å². The van der Waals surface area contributed by atoms with Gasteiger partial charge in [0.25, 0.3) is 0 Å². The number of rotatable bonds is 7. The highest BCUT2D eigenvalue weighted by molar-refractivity contribution is 6.07. The molecule has 3 aromatic rings. The van der Waals surface area contributed by atoms with Gasteiger partial charge in [0.2, 0.25) is 0 Å². The maximum atomic E-state index is 14.0. The van der Waals surface area contributed by atoms with Crippen LogP contribution in [0.3, 0.4) is 0 Å². The van der Waals surface area contributed by atoms with Gasteiger partial charge in [0, 0.05) is 6.04 Å². The number of alkyl halides is 3. The summed E-state index contributed by atoms with van der Waals surface area (Å²) >= 11 is 0. The van der Waals surface area contributed by atoms with Gasteiger partial charge in [0.1, 0.15) is 11.5 Å². The van der Waals surface area contributed by atoms with Gasteiger partial charge < -0.3 is 20.5 Å². The summed E-state index contributed by atoms with van der Waals surface area (Å²) < 4.78 is 52.0. The summed E-state index contributed by atoms with van der Waals surface area (Å²) in [6.45, 7) is 1.80. The third-order valence-corrected chi connectivity index (χ3v) is 6.85. The topological polar surface area (TPSA) is 118 Å². The van der Waals surface area contributed by atoms with Crippen LogP contribution >= 0.6 is 0 Å². The maximum Gasteiger partial charge on any atom is 0.416 e. The molecule has 1 aliphatic heterocycles. The standard InChI is InChI=1S/C31H27F3N4O4/c1-18(19-10-6-4-7-11-19)37-23-15-14-21(31(32,33)34)16-24(23)38-27(30(40)42-3)26(29(39)41-2)25(22(17-35)28(38)36)20-12-8-5-9-13-20/h4-16,18,25,37H,36H2,1-3H3. The number of nitrogens with one attached hydrogen (secondary N) is 1. The Morgan fingerprint density at radius 2 is 1.57 bits per heavy atom. The van der Waals surface area contributed by atoms with Gasteiger partial charge in [-0.2, -0.15) is 18.4 Å². The van der Waals surface area contributed by atoms with Gasteiger partial charge in [-0.3, -0.25) is 4.90 Å². The Hall–Kier alpha value is -5.24. The van der Waals surface area contributed by atoms with E-state index < -0.39 is 41.3 Å². The highest BCUT2D eigenvalue weighted by Gasteiger charge is 2.44. The van der Waals surface area contributed by atoms with Crippen LogP contribution in [0.25, 0.3) is 0 Å². The number of hydrogen-bond donors (Lipinski definition) is 2. The number of anilines is 2. The molecular weight excluding hydrogens is 549 g/mol. The lowest BCUT2D eigenvalue weighted by Gasteiger charge is -2.37. The van der Waals surface area contributed by atoms with Gasteiger partial charge >= 0.3 is 18.1 Å². The van der Waals surface area contributed by atoms with Crippen LogP contribution in [0.15, 0.2) is 102 Å². The summed E-state index contributed by atoms with van der Waals surface area (Å²) in [6, 6.07) is 21.9. The second-order valence-corrected chi connectivity index (χ2v) is 9.34. The molecule has 0 spiro atoms. The highest BCUT2D eigenvalue weighted by Crippen LogP contribution is 2.46. The SMILES string of the molecule is COC(=O)C1=C(C(=O)OC)N(c2cc(C(F)(F)F)ccc2NC(C)c2ccccc2)C(N)=C(C#N)C1c1ccccc1. The number of hydrogen-bond acceptors (Lipinski definition) is 8. The third kappa shape index (κ3) is 5.65. The average molecular weight is 577 g/mol. The molecule has 0 aromatic heterocycles. The zero-order valence-electron chi connectivity index (χ0n) is 22.9. The molecule has 0 saturated heterocycles. The van der Waals surface area contributed by atoms with E-state index in [2.05, 4.69) is 5.32 Å². The van der Waals surface area contributed by atoms with Crippen molar-refractivity contribution in [2.45, 2.75) is 25.1 Å². The van der Waals surface area contributed by atoms with Crippen LogP contribution in [-0.4, -0.2) is 26.2 Å². The molecule has 42 heavy (non-hydrogen) atoms. The van der Waals surface area contributed by atoms with Crippen molar-refractivity contribution >= 4 is 23.3 Å². The van der Waals surface area contributed by atoms with Crippen molar-refractivity contribution in [3.05, 3.63) is 118 Å². The lowest BCUT2D eigenvalue weighted by atomic mass is 9.81. The predicted octanol–water partition coefficient (Wildman–Crippen LogP) is 5.78. The molecule has 1 aliphatic rings. The fraction of sp³-hybridized carbons (Fsp3) is 0.194.